The molecule has 0 saturated carbocycles. The van der Waals surface area contributed by atoms with Gasteiger partial charge in [-0.25, -0.2) is 9.97 Å². The van der Waals surface area contributed by atoms with Gasteiger partial charge in [0.2, 0.25) is 0 Å². The van der Waals surface area contributed by atoms with Crippen molar-refractivity contribution in [2.75, 3.05) is 0 Å². The van der Waals surface area contributed by atoms with Gasteiger partial charge in [-0.2, -0.15) is 0 Å². The molecule has 0 radical (unpaired) electrons. The zero-order valence-electron chi connectivity index (χ0n) is 9.13. The van der Waals surface area contributed by atoms with Crippen molar-refractivity contribution in [3.63, 3.8) is 0 Å². The number of aldehydes is 1. The molecule has 0 aliphatic carbocycles. The lowest BCUT2D eigenvalue weighted by molar-refractivity contribution is 0.111. The van der Waals surface area contributed by atoms with Crippen LogP contribution in [-0.4, -0.2) is 20.8 Å². The van der Waals surface area contributed by atoms with E-state index in [0.29, 0.717) is 29.5 Å². The molecule has 88 valence electrons. The molecule has 0 aliphatic rings. The number of aromatic nitrogens is 3. The predicted octanol–water partition coefficient (Wildman–Crippen LogP) is 1.86. The zero-order valence-corrected chi connectivity index (χ0v) is 9.89. The molecule has 0 bridgehead atoms. The van der Waals surface area contributed by atoms with Crippen molar-refractivity contribution >= 4 is 17.9 Å². The number of hydrogen-bond acceptors (Lipinski definition) is 4. The second kappa shape index (κ2) is 4.97. The summed E-state index contributed by atoms with van der Waals surface area (Å²) in [6.07, 6.45) is 3.74. The molecule has 0 spiro atoms. The van der Waals surface area contributed by atoms with Crippen molar-refractivity contribution < 1.29 is 9.53 Å². The van der Waals surface area contributed by atoms with E-state index < -0.39 is 0 Å². The van der Waals surface area contributed by atoms with Gasteiger partial charge in [-0.1, -0.05) is 11.6 Å². The molecule has 0 fully saturated rings. The first-order chi connectivity index (χ1) is 8.20. The lowest BCUT2D eigenvalue weighted by Gasteiger charge is -2.05. The van der Waals surface area contributed by atoms with Crippen LogP contribution in [0.25, 0.3) is 0 Å². The van der Waals surface area contributed by atoms with Crippen LogP contribution in [0.1, 0.15) is 16.3 Å². The third-order valence-electron chi connectivity index (χ3n) is 2.28. The van der Waals surface area contributed by atoms with Crippen LogP contribution < -0.4 is 4.74 Å². The molecular weight excluding hydrogens is 242 g/mol. The van der Waals surface area contributed by atoms with E-state index >= 15 is 0 Å². The maximum atomic E-state index is 10.4. The predicted molar refractivity (Wildman–Crippen MR) is 62.2 cm³/mol. The number of halogens is 1. The van der Waals surface area contributed by atoms with E-state index in [1.807, 2.05) is 7.05 Å². The molecule has 0 unspecified atom stereocenters. The minimum atomic E-state index is 0.297. The minimum Gasteiger partial charge on any atom is -0.484 e. The zero-order chi connectivity index (χ0) is 12.3. The Labute approximate surface area is 103 Å². The molecule has 2 aromatic rings. The minimum absolute atomic E-state index is 0.297. The quantitative estimate of drug-likeness (QED) is 0.779. The number of ether oxygens (including phenoxy) is 1. The molecular formula is C11H10ClN3O2. The second-order valence-electron chi connectivity index (χ2n) is 3.38. The van der Waals surface area contributed by atoms with Crippen LogP contribution in [0.3, 0.4) is 0 Å². The first kappa shape index (κ1) is 11.6. The van der Waals surface area contributed by atoms with Crippen LogP contribution in [0.15, 0.2) is 24.5 Å². The fourth-order valence-electron chi connectivity index (χ4n) is 1.25. The van der Waals surface area contributed by atoms with Crippen molar-refractivity contribution in [2.24, 2.45) is 7.05 Å². The van der Waals surface area contributed by atoms with Gasteiger partial charge in [-0.05, 0) is 12.1 Å². The molecule has 0 amide bonds. The molecule has 2 rings (SSSR count). The Morgan fingerprint density at radius 1 is 1.41 bits per heavy atom. The highest BCUT2D eigenvalue weighted by Gasteiger charge is 2.05. The van der Waals surface area contributed by atoms with E-state index in [2.05, 4.69) is 9.97 Å². The third-order valence-corrected chi connectivity index (χ3v) is 2.63. The van der Waals surface area contributed by atoms with Gasteiger partial charge >= 0.3 is 0 Å². The van der Waals surface area contributed by atoms with Crippen LogP contribution in [0, 0.1) is 0 Å². The Morgan fingerprint density at radius 2 is 2.24 bits per heavy atom. The average molecular weight is 252 g/mol. The highest BCUT2D eigenvalue weighted by molar-refractivity contribution is 6.29. The first-order valence-corrected chi connectivity index (χ1v) is 5.28. The maximum Gasteiger partial charge on any atom is 0.168 e. The highest BCUT2D eigenvalue weighted by Crippen LogP contribution is 2.13. The van der Waals surface area contributed by atoms with Crippen molar-refractivity contribution in [1.82, 2.24) is 14.5 Å². The molecule has 2 heterocycles. The van der Waals surface area contributed by atoms with Crippen LogP contribution >= 0.6 is 11.6 Å². The summed E-state index contributed by atoms with van der Waals surface area (Å²) in [7, 11) is 1.81. The Kier molecular flexibility index (Phi) is 3.39. The number of hydrogen-bond donors (Lipinski definition) is 0. The van der Waals surface area contributed by atoms with Gasteiger partial charge in [0.25, 0.3) is 0 Å². The first-order valence-electron chi connectivity index (χ1n) is 4.91. The largest absolute Gasteiger partial charge is 0.484 e. The normalized spacial score (nSPS) is 10.2. The van der Waals surface area contributed by atoms with E-state index in [9.17, 15) is 4.79 Å². The molecule has 0 atom stereocenters. The summed E-state index contributed by atoms with van der Waals surface area (Å²) < 4.78 is 7.20. The van der Waals surface area contributed by atoms with Crippen molar-refractivity contribution in [1.29, 1.82) is 0 Å². The van der Waals surface area contributed by atoms with Gasteiger partial charge < -0.3 is 9.30 Å². The van der Waals surface area contributed by atoms with E-state index in [1.54, 1.807) is 22.9 Å². The second-order valence-corrected chi connectivity index (χ2v) is 3.77. The van der Waals surface area contributed by atoms with Crippen LogP contribution in [0.4, 0.5) is 0 Å². The van der Waals surface area contributed by atoms with E-state index in [1.165, 1.54) is 6.20 Å². The van der Waals surface area contributed by atoms with Crippen molar-refractivity contribution in [3.8, 4) is 5.75 Å². The fourth-order valence-corrected chi connectivity index (χ4v) is 1.40. The summed E-state index contributed by atoms with van der Waals surface area (Å²) in [6, 6.07) is 3.27. The van der Waals surface area contributed by atoms with Gasteiger partial charge in [-0.3, -0.25) is 4.79 Å². The summed E-state index contributed by atoms with van der Waals surface area (Å²) in [5.41, 5.74) is 0.373. The summed E-state index contributed by atoms with van der Waals surface area (Å²) in [5, 5.41) is 0.554. The summed E-state index contributed by atoms with van der Waals surface area (Å²) >= 11 is 5.84. The van der Waals surface area contributed by atoms with Gasteiger partial charge in [-0.15, -0.1) is 0 Å². The van der Waals surface area contributed by atoms with E-state index in [-0.39, 0.29) is 0 Å². The number of rotatable bonds is 4. The molecule has 0 aliphatic heterocycles. The lowest BCUT2D eigenvalue weighted by atomic mass is 10.4. The number of pyridine rings is 1. The molecule has 2 aromatic heterocycles. The Hall–Kier alpha value is -1.88. The standard InChI is InChI=1S/C11H10ClN3O2/c1-15-10(12)5-14-11(15)7-17-9-3-2-8(6-16)13-4-9/h2-6H,7H2,1H3. The number of carbonyl (C=O) groups is 1. The van der Waals surface area contributed by atoms with Crippen molar-refractivity contribution in [3.05, 3.63) is 41.2 Å². The fraction of sp³-hybridized carbons (Fsp3) is 0.182. The molecule has 0 aromatic carbocycles. The highest BCUT2D eigenvalue weighted by atomic mass is 35.5. The summed E-state index contributed by atoms with van der Waals surface area (Å²) in [4.78, 5) is 18.4. The van der Waals surface area contributed by atoms with Gasteiger partial charge in [0.1, 0.15) is 29.0 Å². The van der Waals surface area contributed by atoms with Crippen LogP contribution in [0.5, 0.6) is 5.75 Å². The smallest absolute Gasteiger partial charge is 0.168 e. The summed E-state index contributed by atoms with van der Waals surface area (Å²) in [5.74, 6) is 1.30. The topological polar surface area (TPSA) is 57.0 Å². The Bertz CT molecular complexity index is 522. The third kappa shape index (κ3) is 2.62. The summed E-state index contributed by atoms with van der Waals surface area (Å²) in [6.45, 7) is 0.297. The molecule has 5 nitrogen and oxygen atoms in total. The van der Waals surface area contributed by atoms with E-state index in [4.69, 9.17) is 16.3 Å². The molecule has 6 heteroatoms. The Balaban J connectivity index is 2.02. The van der Waals surface area contributed by atoms with Gasteiger partial charge in [0.15, 0.2) is 6.29 Å². The number of carbonyl (C=O) groups excluding carboxylic acids is 1. The molecule has 0 saturated heterocycles. The van der Waals surface area contributed by atoms with Crippen molar-refractivity contribution in [2.45, 2.75) is 6.61 Å². The van der Waals surface area contributed by atoms with E-state index in [0.717, 1.165) is 5.82 Å². The number of imidazole rings is 1. The van der Waals surface area contributed by atoms with Crippen LogP contribution in [-0.2, 0) is 13.7 Å². The SMILES string of the molecule is Cn1c(Cl)cnc1COc1ccc(C=O)nc1. The van der Waals surface area contributed by atoms with Gasteiger partial charge in [0.05, 0.1) is 12.4 Å². The van der Waals surface area contributed by atoms with Gasteiger partial charge in [0, 0.05) is 7.05 Å². The molecule has 17 heavy (non-hydrogen) atoms. The average Bonchev–Trinajstić information content (AvgIpc) is 2.68. The lowest BCUT2D eigenvalue weighted by Crippen LogP contribution is -2.03. The van der Waals surface area contributed by atoms with Crippen LogP contribution in [0.2, 0.25) is 5.15 Å². The monoisotopic (exact) mass is 251 g/mol. The maximum absolute atomic E-state index is 10.4. The number of nitrogens with zero attached hydrogens (tertiary/aromatic N) is 3. The Morgan fingerprint density at radius 3 is 2.76 bits per heavy atom. The molecule has 0 N–H and O–H groups in total.